The molecule has 0 saturated carbocycles. The zero-order valence-electron chi connectivity index (χ0n) is 9.48. The van der Waals surface area contributed by atoms with Crippen LogP contribution in [0, 0.1) is 0 Å². The summed E-state index contributed by atoms with van der Waals surface area (Å²) in [6.45, 7) is 1.57. The lowest BCUT2D eigenvalue weighted by Crippen LogP contribution is -2.56. The number of ether oxygens (including phenoxy) is 1. The summed E-state index contributed by atoms with van der Waals surface area (Å²) in [5, 5.41) is 2.69. The van der Waals surface area contributed by atoms with Crippen LogP contribution in [0.3, 0.4) is 0 Å². The average Bonchev–Trinajstić information content (AvgIpc) is 2.93. The van der Waals surface area contributed by atoms with Crippen LogP contribution < -0.4 is 16.0 Å². The van der Waals surface area contributed by atoms with Crippen molar-refractivity contribution in [2.24, 2.45) is 5.73 Å². The number of nitrogens with two attached hydrogens (primary N) is 1. The van der Waals surface area contributed by atoms with Crippen LogP contribution >= 0.6 is 0 Å². The summed E-state index contributed by atoms with van der Waals surface area (Å²) >= 11 is 0. The van der Waals surface area contributed by atoms with E-state index in [4.69, 9.17) is 10.5 Å². The van der Waals surface area contributed by atoms with Crippen molar-refractivity contribution >= 4 is 11.8 Å². The van der Waals surface area contributed by atoms with Gasteiger partial charge >= 0.3 is 6.09 Å². The van der Waals surface area contributed by atoms with Crippen molar-refractivity contribution in [3.8, 4) is 0 Å². The summed E-state index contributed by atoms with van der Waals surface area (Å²) in [5.74, 6) is 0. The standard InChI is InChI=1S/C12H15N3O2/c13-7-12(8-14-11(16)17-12)15-6-5-9-3-1-2-4-10(9)15/h1-4H,5-8,13H2,(H,14,16)/t12-/m0/s1. The smallest absolute Gasteiger partial charge is 0.409 e. The van der Waals surface area contributed by atoms with E-state index in [1.165, 1.54) is 5.56 Å². The second-order valence-electron chi connectivity index (χ2n) is 4.42. The number of hydrogen-bond donors (Lipinski definition) is 2. The predicted octanol–water partition coefficient (Wildman–Crippen LogP) is 0.444. The maximum atomic E-state index is 11.3. The van der Waals surface area contributed by atoms with E-state index < -0.39 is 5.72 Å². The lowest BCUT2D eigenvalue weighted by Gasteiger charge is -2.36. The van der Waals surface area contributed by atoms with Crippen molar-refractivity contribution < 1.29 is 9.53 Å². The molecule has 1 atom stereocenters. The fourth-order valence-electron chi connectivity index (χ4n) is 2.59. The third-order valence-corrected chi connectivity index (χ3v) is 3.49. The predicted molar refractivity (Wildman–Crippen MR) is 63.8 cm³/mol. The Hall–Kier alpha value is -1.75. The van der Waals surface area contributed by atoms with Gasteiger partial charge in [-0.25, -0.2) is 4.79 Å². The molecule has 1 aromatic carbocycles. The highest BCUT2D eigenvalue weighted by molar-refractivity contribution is 5.72. The molecular formula is C12H15N3O2. The monoisotopic (exact) mass is 233 g/mol. The van der Waals surface area contributed by atoms with Crippen LogP contribution in [-0.4, -0.2) is 31.5 Å². The van der Waals surface area contributed by atoms with Gasteiger partial charge in [0.15, 0.2) is 0 Å². The first-order valence-electron chi connectivity index (χ1n) is 5.78. The van der Waals surface area contributed by atoms with Gasteiger partial charge in [0, 0.05) is 12.2 Å². The molecule has 3 rings (SSSR count). The number of nitrogens with one attached hydrogen (secondary N) is 1. The van der Waals surface area contributed by atoms with Crippen LogP contribution in [0.4, 0.5) is 10.5 Å². The minimum absolute atomic E-state index is 0.292. The Labute approximate surface area is 99.5 Å². The highest BCUT2D eigenvalue weighted by atomic mass is 16.6. The van der Waals surface area contributed by atoms with Crippen molar-refractivity contribution in [2.45, 2.75) is 12.1 Å². The van der Waals surface area contributed by atoms with Gasteiger partial charge in [0.05, 0.1) is 13.1 Å². The molecular weight excluding hydrogens is 218 g/mol. The summed E-state index contributed by atoms with van der Waals surface area (Å²) in [6.07, 6.45) is 0.579. The Morgan fingerprint density at radius 1 is 1.47 bits per heavy atom. The molecule has 1 aromatic rings. The SMILES string of the molecule is NC[C@@]1(N2CCc3ccccc32)CNC(=O)O1. The molecule has 1 amide bonds. The third kappa shape index (κ3) is 1.46. The van der Waals surface area contributed by atoms with E-state index in [0.717, 1.165) is 18.7 Å². The molecule has 5 nitrogen and oxygen atoms in total. The van der Waals surface area contributed by atoms with Crippen LogP contribution in [0.1, 0.15) is 5.56 Å². The van der Waals surface area contributed by atoms with Gasteiger partial charge in [0.25, 0.3) is 0 Å². The number of carbonyl (C=O) groups is 1. The Balaban J connectivity index is 1.98. The van der Waals surface area contributed by atoms with Gasteiger partial charge in [-0.3, -0.25) is 0 Å². The van der Waals surface area contributed by atoms with Crippen LogP contribution in [0.15, 0.2) is 24.3 Å². The molecule has 1 fully saturated rings. The average molecular weight is 233 g/mol. The van der Waals surface area contributed by atoms with Gasteiger partial charge in [0.1, 0.15) is 0 Å². The molecule has 1 saturated heterocycles. The molecule has 2 heterocycles. The molecule has 0 aromatic heterocycles. The van der Waals surface area contributed by atoms with E-state index in [-0.39, 0.29) is 6.09 Å². The van der Waals surface area contributed by atoms with Crippen LogP contribution in [0.5, 0.6) is 0 Å². The number of hydrogen-bond acceptors (Lipinski definition) is 4. The van der Waals surface area contributed by atoms with Crippen molar-refractivity contribution in [1.29, 1.82) is 0 Å². The lowest BCUT2D eigenvalue weighted by molar-refractivity contribution is 0.0619. The zero-order chi connectivity index (χ0) is 11.9. The Kier molecular flexibility index (Phi) is 2.22. The number of amides is 1. The summed E-state index contributed by atoms with van der Waals surface area (Å²) < 4.78 is 5.39. The first kappa shape index (κ1) is 10.4. The van der Waals surface area contributed by atoms with Gasteiger partial charge in [-0.05, 0) is 18.1 Å². The first-order valence-corrected chi connectivity index (χ1v) is 5.78. The van der Waals surface area contributed by atoms with E-state index in [2.05, 4.69) is 16.3 Å². The molecule has 3 N–H and O–H groups in total. The highest BCUT2D eigenvalue weighted by Crippen LogP contribution is 2.35. The number of alkyl carbamates (subject to hydrolysis) is 1. The molecule has 17 heavy (non-hydrogen) atoms. The van der Waals surface area contributed by atoms with Gasteiger partial charge in [-0.15, -0.1) is 0 Å². The number of cyclic esters (lactones) is 1. The van der Waals surface area contributed by atoms with Gasteiger partial charge in [0.2, 0.25) is 5.72 Å². The number of anilines is 1. The van der Waals surface area contributed by atoms with Crippen LogP contribution in [-0.2, 0) is 11.2 Å². The molecule has 5 heteroatoms. The maximum absolute atomic E-state index is 11.3. The van der Waals surface area contributed by atoms with E-state index in [1.807, 2.05) is 18.2 Å². The summed E-state index contributed by atoms with van der Waals surface area (Å²) in [4.78, 5) is 13.4. The van der Waals surface area contributed by atoms with Crippen LogP contribution in [0.25, 0.3) is 0 Å². The lowest BCUT2D eigenvalue weighted by atomic mass is 10.1. The van der Waals surface area contributed by atoms with Gasteiger partial charge in [-0.1, -0.05) is 18.2 Å². The number of para-hydroxylation sites is 1. The normalized spacial score (nSPS) is 26.6. The van der Waals surface area contributed by atoms with Crippen molar-refractivity contribution in [1.82, 2.24) is 5.32 Å². The number of rotatable bonds is 2. The number of carbonyl (C=O) groups excluding carboxylic acids is 1. The minimum atomic E-state index is -0.719. The van der Waals surface area contributed by atoms with Crippen LogP contribution in [0.2, 0.25) is 0 Å². The van der Waals surface area contributed by atoms with Crippen molar-refractivity contribution in [2.75, 3.05) is 24.5 Å². The van der Waals surface area contributed by atoms with Crippen molar-refractivity contribution in [3.05, 3.63) is 29.8 Å². The zero-order valence-corrected chi connectivity index (χ0v) is 9.48. The van der Waals surface area contributed by atoms with E-state index in [1.54, 1.807) is 0 Å². The van der Waals surface area contributed by atoms with E-state index >= 15 is 0 Å². The minimum Gasteiger partial charge on any atom is -0.419 e. The molecule has 0 bridgehead atoms. The summed E-state index contributed by atoms with van der Waals surface area (Å²) in [5.41, 5.74) is 7.49. The molecule has 0 spiro atoms. The Morgan fingerprint density at radius 2 is 2.29 bits per heavy atom. The number of fused-ring (bicyclic) bond motifs is 1. The number of nitrogens with zero attached hydrogens (tertiary/aromatic N) is 1. The third-order valence-electron chi connectivity index (χ3n) is 3.49. The molecule has 2 aliphatic heterocycles. The van der Waals surface area contributed by atoms with Crippen molar-refractivity contribution in [3.63, 3.8) is 0 Å². The fraction of sp³-hybridized carbons (Fsp3) is 0.417. The highest BCUT2D eigenvalue weighted by Gasteiger charge is 2.46. The summed E-state index contributed by atoms with van der Waals surface area (Å²) in [7, 11) is 0. The van der Waals surface area contributed by atoms with E-state index in [9.17, 15) is 4.79 Å². The molecule has 0 radical (unpaired) electrons. The maximum Gasteiger partial charge on any atom is 0.409 e. The number of benzene rings is 1. The quantitative estimate of drug-likeness (QED) is 0.778. The van der Waals surface area contributed by atoms with E-state index in [0.29, 0.717) is 13.1 Å². The molecule has 90 valence electrons. The first-order chi connectivity index (χ1) is 8.25. The Morgan fingerprint density at radius 3 is 3.00 bits per heavy atom. The summed E-state index contributed by atoms with van der Waals surface area (Å²) in [6, 6.07) is 8.16. The second kappa shape index (κ2) is 3.63. The van der Waals surface area contributed by atoms with Gasteiger partial charge in [-0.2, -0.15) is 0 Å². The molecule has 0 unspecified atom stereocenters. The largest absolute Gasteiger partial charge is 0.419 e. The molecule has 2 aliphatic rings. The molecule has 0 aliphatic carbocycles. The fourth-order valence-corrected chi connectivity index (χ4v) is 2.59. The topological polar surface area (TPSA) is 67.6 Å². The second-order valence-corrected chi connectivity index (χ2v) is 4.42. The Bertz CT molecular complexity index is 463. The van der Waals surface area contributed by atoms with Gasteiger partial charge < -0.3 is 20.7 Å².